The normalized spacial score (nSPS) is 11.7. The number of rotatable bonds is 8. The van der Waals surface area contributed by atoms with Crippen LogP contribution in [-0.2, 0) is 11.2 Å². The molecule has 1 aromatic rings. The number of aromatic nitrogens is 1. The van der Waals surface area contributed by atoms with Gasteiger partial charge in [0.2, 0.25) is 0 Å². The zero-order valence-corrected chi connectivity index (χ0v) is 11.9. The van der Waals surface area contributed by atoms with Crippen molar-refractivity contribution in [2.45, 2.75) is 45.6 Å². The molecule has 1 rings (SSSR count). The van der Waals surface area contributed by atoms with Crippen LogP contribution >= 0.6 is 0 Å². The maximum atomic E-state index is 5.61. The largest absolute Gasteiger partial charge is 0.381 e. The highest BCUT2D eigenvalue weighted by atomic mass is 16.5. The van der Waals surface area contributed by atoms with Gasteiger partial charge in [0.1, 0.15) is 0 Å². The summed E-state index contributed by atoms with van der Waals surface area (Å²) in [6.07, 6.45) is 6.91. The second-order valence-corrected chi connectivity index (χ2v) is 5.60. The third-order valence-electron chi connectivity index (χ3n) is 2.62. The lowest BCUT2D eigenvalue weighted by Gasteiger charge is -2.20. The highest BCUT2D eigenvalue weighted by Crippen LogP contribution is 2.01. The summed E-state index contributed by atoms with van der Waals surface area (Å²) in [6.45, 7) is 9.26. The van der Waals surface area contributed by atoms with Crippen molar-refractivity contribution >= 4 is 0 Å². The van der Waals surface area contributed by atoms with Gasteiger partial charge in [-0.3, -0.25) is 4.98 Å². The maximum Gasteiger partial charge on any atom is 0.0478 e. The van der Waals surface area contributed by atoms with Crippen LogP contribution in [0.2, 0.25) is 0 Å². The van der Waals surface area contributed by atoms with Gasteiger partial charge in [-0.1, -0.05) is 0 Å². The van der Waals surface area contributed by atoms with Gasteiger partial charge >= 0.3 is 0 Å². The average Bonchev–Trinajstić information content (AvgIpc) is 2.32. The third kappa shape index (κ3) is 8.20. The molecule has 1 aromatic heterocycles. The zero-order chi connectivity index (χ0) is 13.3. The molecule has 0 aromatic carbocycles. The predicted molar refractivity (Wildman–Crippen MR) is 75.7 cm³/mol. The summed E-state index contributed by atoms with van der Waals surface area (Å²) in [6, 6.07) is 4.13. The minimum atomic E-state index is 0.210. The Kier molecular flexibility index (Phi) is 6.91. The lowest BCUT2D eigenvalue weighted by molar-refractivity contribution is 0.128. The molecule has 1 heterocycles. The highest BCUT2D eigenvalue weighted by molar-refractivity contribution is 5.09. The summed E-state index contributed by atoms with van der Waals surface area (Å²) in [4.78, 5) is 4.01. The Morgan fingerprint density at radius 3 is 2.44 bits per heavy atom. The van der Waals surface area contributed by atoms with E-state index < -0.39 is 0 Å². The Bertz CT molecular complexity index is 306. The summed E-state index contributed by atoms with van der Waals surface area (Å²) >= 11 is 0. The molecule has 0 radical (unpaired) electrons. The van der Waals surface area contributed by atoms with Crippen molar-refractivity contribution in [3.05, 3.63) is 30.1 Å². The number of hydrogen-bond acceptors (Lipinski definition) is 3. The molecule has 0 spiro atoms. The first-order chi connectivity index (χ1) is 8.58. The lowest BCUT2D eigenvalue weighted by atomic mass is 10.1. The van der Waals surface area contributed by atoms with Crippen molar-refractivity contribution in [2.24, 2.45) is 0 Å². The summed E-state index contributed by atoms with van der Waals surface area (Å²) < 4.78 is 5.61. The standard InChI is InChI=1S/C15H26N2O/c1-15(2,3)17-9-5-13-18-12-4-6-14-7-10-16-11-8-14/h7-8,10-11,17H,4-6,9,12-13H2,1-3H3. The van der Waals surface area contributed by atoms with E-state index in [-0.39, 0.29) is 5.54 Å². The number of ether oxygens (including phenoxy) is 1. The van der Waals surface area contributed by atoms with Crippen molar-refractivity contribution in [1.29, 1.82) is 0 Å². The molecule has 3 nitrogen and oxygen atoms in total. The number of nitrogens with zero attached hydrogens (tertiary/aromatic N) is 1. The van der Waals surface area contributed by atoms with Crippen LogP contribution in [0.25, 0.3) is 0 Å². The van der Waals surface area contributed by atoms with Gasteiger partial charge in [-0.05, 0) is 64.3 Å². The fourth-order valence-electron chi connectivity index (χ4n) is 1.67. The van der Waals surface area contributed by atoms with Gasteiger partial charge in [-0.25, -0.2) is 0 Å². The van der Waals surface area contributed by atoms with Crippen LogP contribution in [0.1, 0.15) is 39.2 Å². The number of pyridine rings is 1. The topological polar surface area (TPSA) is 34.1 Å². The molecule has 102 valence electrons. The first-order valence-electron chi connectivity index (χ1n) is 6.79. The summed E-state index contributed by atoms with van der Waals surface area (Å²) in [5.41, 5.74) is 1.55. The Hall–Kier alpha value is -0.930. The summed E-state index contributed by atoms with van der Waals surface area (Å²) in [7, 11) is 0. The quantitative estimate of drug-likeness (QED) is 0.720. The number of hydrogen-bond donors (Lipinski definition) is 1. The maximum absolute atomic E-state index is 5.61. The molecule has 0 saturated heterocycles. The fourth-order valence-corrected chi connectivity index (χ4v) is 1.67. The van der Waals surface area contributed by atoms with Crippen molar-refractivity contribution in [1.82, 2.24) is 10.3 Å². The summed E-state index contributed by atoms with van der Waals surface area (Å²) in [5.74, 6) is 0. The third-order valence-corrected chi connectivity index (χ3v) is 2.62. The van der Waals surface area contributed by atoms with Gasteiger partial charge in [0.25, 0.3) is 0 Å². The fraction of sp³-hybridized carbons (Fsp3) is 0.667. The first kappa shape index (κ1) is 15.1. The Balaban J connectivity index is 1.90. The van der Waals surface area contributed by atoms with Gasteiger partial charge in [0, 0.05) is 31.1 Å². The molecule has 0 fully saturated rings. The van der Waals surface area contributed by atoms with Gasteiger partial charge in [-0.2, -0.15) is 0 Å². The van der Waals surface area contributed by atoms with Crippen molar-refractivity contribution in [2.75, 3.05) is 19.8 Å². The van der Waals surface area contributed by atoms with Crippen LogP contribution < -0.4 is 5.32 Å². The minimum Gasteiger partial charge on any atom is -0.381 e. The van der Waals surface area contributed by atoms with E-state index in [0.29, 0.717) is 0 Å². The predicted octanol–water partition coefficient (Wildman–Crippen LogP) is 2.81. The molecule has 0 aliphatic heterocycles. The molecular formula is C15H26N2O. The van der Waals surface area contributed by atoms with Gasteiger partial charge < -0.3 is 10.1 Å². The monoisotopic (exact) mass is 250 g/mol. The Labute approximate surface area is 111 Å². The van der Waals surface area contributed by atoms with Crippen LogP contribution in [0.15, 0.2) is 24.5 Å². The van der Waals surface area contributed by atoms with E-state index >= 15 is 0 Å². The zero-order valence-electron chi connectivity index (χ0n) is 11.9. The highest BCUT2D eigenvalue weighted by Gasteiger charge is 2.06. The molecular weight excluding hydrogens is 224 g/mol. The van der Waals surface area contributed by atoms with Crippen molar-refractivity contribution < 1.29 is 4.74 Å². The van der Waals surface area contributed by atoms with E-state index in [2.05, 4.69) is 43.2 Å². The van der Waals surface area contributed by atoms with Crippen molar-refractivity contribution in [3.63, 3.8) is 0 Å². The SMILES string of the molecule is CC(C)(C)NCCCOCCCc1ccncc1. The van der Waals surface area contributed by atoms with Crippen molar-refractivity contribution in [3.8, 4) is 0 Å². The molecule has 3 heteroatoms. The van der Waals surface area contributed by atoms with E-state index in [1.54, 1.807) is 0 Å². The van der Waals surface area contributed by atoms with E-state index in [9.17, 15) is 0 Å². The van der Waals surface area contributed by atoms with E-state index in [4.69, 9.17) is 4.74 Å². The number of aryl methyl sites for hydroxylation is 1. The van der Waals surface area contributed by atoms with Crippen LogP contribution in [-0.4, -0.2) is 30.3 Å². The molecule has 0 amide bonds. The lowest BCUT2D eigenvalue weighted by Crippen LogP contribution is -2.36. The van der Waals surface area contributed by atoms with Gasteiger partial charge in [0.05, 0.1) is 0 Å². The number of nitrogens with one attached hydrogen (secondary N) is 1. The molecule has 0 aliphatic rings. The molecule has 0 unspecified atom stereocenters. The Morgan fingerprint density at radius 1 is 1.11 bits per heavy atom. The summed E-state index contributed by atoms with van der Waals surface area (Å²) in [5, 5.41) is 3.45. The molecule has 0 atom stereocenters. The Morgan fingerprint density at radius 2 is 1.78 bits per heavy atom. The van der Waals surface area contributed by atoms with Crippen LogP contribution in [0.4, 0.5) is 0 Å². The smallest absolute Gasteiger partial charge is 0.0478 e. The molecule has 18 heavy (non-hydrogen) atoms. The second-order valence-electron chi connectivity index (χ2n) is 5.60. The second kappa shape index (κ2) is 8.22. The molecule has 1 N–H and O–H groups in total. The van der Waals surface area contributed by atoms with E-state index in [0.717, 1.165) is 39.0 Å². The average molecular weight is 250 g/mol. The van der Waals surface area contributed by atoms with Crippen LogP contribution in [0.5, 0.6) is 0 Å². The molecule has 0 aliphatic carbocycles. The van der Waals surface area contributed by atoms with Crippen LogP contribution in [0, 0.1) is 0 Å². The van der Waals surface area contributed by atoms with E-state index in [1.807, 2.05) is 12.4 Å². The molecule has 0 bridgehead atoms. The van der Waals surface area contributed by atoms with Crippen LogP contribution in [0.3, 0.4) is 0 Å². The molecule has 0 saturated carbocycles. The minimum absolute atomic E-state index is 0.210. The first-order valence-corrected chi connectivity index (χ1v) is 6.79. The van der Waals surface area contributed by atoms with Gasteiger partial charge in [0.15, 0.2) is 0 Å². The van der Waals surface area contributed by atoms with E-state index in [1.165, 1.54) is 5.56 Å². The van der Waals surface area contributed by atoms with Gasteiger partial charge in [-0.15, -0.1) is 0 Å².